The van der Waals surface area contributed by atoms with Gasteiger partial charge in [-0.2, -0.15) is 0 Å². The first-order valence-electron chi connectivity index (χ1n) is 4.00. The van der Waals surface area contributed by atoms with Crippen LogP contribution in [0.5, 0.6) is 0 Å². The summed E-state index contributed by atoms with van der Waals surface area (Å²) in [6, 6.07) is 5.81. The highest BCUT2D eigenvalue weighted by Gasteiger charge is 2.29. The van der Waals surface area contributed by atoms with E-state index in [1.807, 2.05) is 32.0 Å². The van der Waals surface area contributed by atoms with Gasteiger partial charge in [0, 0.05) is 5.69 Å². The molecule has 0 spiro atoms. The van der Waals surface area contributed by atoms with Gasteiger partial charge < -0.3 is 9.47 Å². The van der Waals surface area contributed by atoms with Crippen LogP contribution in [0.2, 0.25) is 0 Å². The van der Waals surface area contributed by atoms with E-state index in [4.69, 9.17) is 9.47 Å². The van der Waals surface area contributed by atoms with Crippen LogP contribution in [0.4, 0.5) is 0 Å². The van der Waals surface area contributed by atoms with E-state index < -0.39 is 0 Å². The predicted molar refractivity (Wildman–Crippen MR) is 43.3 cm³/mol. The Morgan fingerprint density at radius 2 is 2.08 bits per heavy atom. The van der Waals surface area contributed by atoms with Crippen LogP contribution < -0.4 is 0 Å². The van der Waals surface area contributed by atoms with Crippen LogP contribution >= 0.6 is 0 Å². The minimum Gasteiger partial charge on any atom is -0.318 e. The van der Waals surface area contributed by atoms with Crippen LogP contribution in [0, 0.1) is 6.92 Å². The quantitative estimate of drug-likeness (QED) is 0.635. The van der Waals surface area contributed by atoms with Gasteiger partial charge in [-0.25, -0.2) is 0 Å². The molecule has 12 heavy (non-hydrogen) atoms. The zero-order valence-corrected chi connectivity index (χ0v) is 7.15. The number of hydrogen-bond acceptors (Lipinski definition) is 3. The molecular weight excluding hydrogens is 154 g/mol. The van der Waals surface area contributed by atoms with Crippen molar-refractivity contribution in [3.05, 3.63) is 29.6 Å². The molecule has 0 saturated carbocycles. The SMILES string of the molecule is Cc1cccc(C2OC(C)O2)n1. The summed E-state index contributed by atoms with van der Waals surface area (Å²) in [7, 11) is 0. The zero-order valence-electron chi connectivity index (χ0n) is 7.15. The highest BCUT2D eigenvalue weighted by atomic mass is 16.9. The lowest BCUT2D eigenvalue weighted by atomic mass is 10.3. The molecule has 0 atom stereocenters. The number of nitrogens with zero attached hydrogens (tertiary/aromatic N) is 1. The smallest absolute Gasteiger partial charge is 0.206 e. The highest BCUT2D eigenvalue weighted by molar-refractivity contribution is 5.11. The molecule has 1 fully saturated rings. The van der Waals surface area contributed by atoms with Gasteiger partial charge in [-0.15, -0.1) is 0 Å². The zero-order chi connectivity index (χ0) is 8.55. The third-order valence-corrected chi connectivity index (χ3v) is 1.78. The van der Waals surface area contributed by atoms with Crippen molar-refractivity contribution < 1.29 is 9.47 Å². The minimum absolute atomic E-state index is 0.0858. The highest BCUT2D eigenvalue weighted by Crippen LogP contribution is 2.29. The van der Waals surface area contributed by atoms with Crippen molar-refractivity contribution in [3.8, 4) is 0 Å². The maximum Gasteiger partial charge on any atom is 0.206 e. The Morgan fingerprint density at radius 3 is 2.67 bits per heavy atom. The summed E-state index contributed by atoms with van der Waals surface area (Å²) in [6.07, 6.45) is -0.336. The van der Waals surface area contributed by atoms with Crippen molar-refractivity contribution in [2.75, 3.05) is 0 Å². The lowest BCUT2D eigenvalue weighted by Gasteiger charge is -2.33. The molecule has 0 aliphatic carbocycles. The molecular formula is C9H11NO2. The molecule has 0 aromatic carbocycles. The molecule has 3 heteroatoms. The predicted octanol–water partition coefficient (Wildman–Crippen LogP) is 1.78. The lowest BCUT2D eigenvalue weighted by Crippen LogP contribution is -2.32. The van der Waals surface area contributed by atoms with Gasteiger partial charge in [0.05, 0.1) is 5.69 Å². The third-order valence-electron chi connectivity index (χ3n) is 1.78. The monoisotopic (exact) mass is 165 g/mol. The molecule has 3 nitrogen and oxygen atoms in total. The van der Waals surface area contributed by atoms with Crippen LogP contribution in [0.25, 0.3) is 0 Å². The molecule has 2 heterocycles. The summed E-state index contributed by atoms with van der Waals surface area (Å²) >= 11 is 0. The van der Waals surface area contributed by atoms with Gasteiger partial charge >= 0.3 is 0 Å². The Labute approximate surface area is 71.3 Å². The van der Waals surface area contributed by atoms with Crippen LogP contribution in [-0.4, -0.2) is 11.3 Å². The molecule has 0 unspecified atom stereocenters. The molecule has 0 amide bonds. The van der Waals surface area contributed by atoms with E-state index in [9.17, 15) is 0 Å². The maximum atomic E-state index is 5.30. The van der Waals surface area contributed by atoms with E-state index in [-0.39, 0.29) is 12.6 Å². The number of rotatable bonds is 1. The Kier molecular flexibility index (Phi) is 1.83. The van der Waals surface area contributed by atoms with E-state index in [0.717, 1.165) is 11.4 Å². The molecule has 1 aliphatic rings. The van der Waals surface area contributed by atoms with Gasteiger partial charge in [-0.1, -0.05) is 6.07 Å². The molecule has 64 valence electrons. The Morgan fingerprint density at radius 1 is 1.33 bits per heavy atom. The molecule has 2 rings (SSSR count). The number of ether oxygens (including phenoxy) is 2. The second-order valence-electron chi connectivity index (χ2n) is 2.88. The van der Waals surface area contributed by atoms with E-state index in [1.165, 1.54) is 0 Å². The van der Waals surface area contributed by atoms with Crippen molar-refractivity contribution >= 4 is 0 Å². The van der Waals surface area contributed by atoms with Crippen molar-refractivity contribution in [1.29, 1.82) is 0 Å². The van der Waals surface area contributed by atoms with Gasteiger partial charge in [-0.3, -0.25) is 4.98 Å². The lowest BCUT2D eigenvalue weighted by molar-refractivity contribution is -0.384. The second kappa shape index (κ2) is 2.84. The van der Waals surface area contributed by atoms with Crippen LogP contribution in [-0.2, 0) is 9.47 Å². The van der Waals surface area contributed by atoms with Gasteiger partial charge in [0.1, 0.15) is 0 Å². The van der Waals surface area contributed by atoms with Crippen LogP contribution in [0.3, 0.4) is 0 Å². The summed E-state index contributed by atoms with van der Waals surface area (Å²) in [4.78, 5) is 4.28. The number of hydrogen-bond donors (Lipinski definition) is 0. The fourth-order valence-electron chi connectivity index (χ4n) is 1.19. The molecule has 1 aromatic heterocycles. The number of aryl methyl sites for hydroxylation is 1. The van der Waals surface area contributed by atoms with Gasteiger partial charge in [-0.05, 0) is 26.0 Å². The topological polar surface area (TPSA) is 31.4 Å². The average Bonchev–Trinajstić information content (AvgIpc) is 1.99. The molecule has 1 aromatic rings. The van der Waals surface area contributed by atoms with Crippen LogP contribution in [0.15, 0.2) is 18.2 Å². The Bertz CT molecular complexity index is 282. The van der Waals surface area contributed by atoms with Crippen molar-refractivity contribution in [3.63, 3.8) is 0 Å². The third kappa shape index (κ3) is 1.33. The molecule has 0 radical (unpaired) electrons. The van der Waals surface area contributed by atoms with E-state index in [2.05, 4.69) is 4.98 Å². The summed E-state index contributed by atoms with van der Waals surface area (Å²) in [5, 5.41) is 0. The van der Waals surface area contributed by atoms with E-state index in [1.54, 1.807) is 0 Å². The van der Waals surface area contributed by atoms with Crippen molar-refractivity contribution in [2.45, 2.75) is 26.4 Å². The van der Waals surface area contributed by atoms with E-state index >= 15 is 0 Å². The normalized spacial score (nSPS) is 28.2. The summed E-state index contributed by atoms with van der Waals surface area (Å²) < 4.78 is 10.6. The maximum absolute atomic E-state index is 5.30. The summed E-state index contributed by atoms with van der Waals surface area (Å²) in [6.45, 7) is 3.82. The number of aromatic nitrogens is 1. The van der Waals surface area contributed by atoms with Gasteiger partial charge in [0.2, 0.25) is 6.29 Å². The first kappa shape index (κ1) is 7.71. The van der Waals surface area contributed by atoms with Crippen molar-refractivity contribution in [2.24, 2.45) is 0 Å². The number of pyridine rings is 1. The average molecular weight is 165 g/mol. The fraction of sp³-hybridized carbons (Fsp3) is 0.444. The van der Waals surface area contributed by atoms with Crippen LogP contribution in [0.1, 0.15) is 24.6 Å². The first-order chi connectivity index (χ1) is 5.75. The van der Waals surface area contributed by atoms with Gasteiger partial charge in [0.25, 0.3) is 0 Å². The van der Waals surface area contributed by atoms with Gasteiger partial charge in [0.15, 0.2) is 6.29 Å². The standard InChI is InChI=1S/C9H11NO2/c1-6-4-3-5-8(10-6)9-11-7(2)12-9/h3-5,7,9H,1-2H3. The largest absolute Gasteiger partial charge is 0.318 e. The first-order valence-corrected chi connectivity index (χ1v) is 4.00. The molecule has 1 aliphatic heterocycles. The summed E-state index contributed by atoms with van der Waals surface area (Å²) in [5.74, 6) is 0. The minimum atomic E-state index is -0.250. The van der Waals surface area contributed by atoms with Crippen molar-refractivity contribution in [1.82, 2.24) is 4.98 Å². The molecule has 0 N–H and O–H groups in total. The van der Waals surface area contributed by atoms with E-state index in [0.29, 0.717) is 0 Å². The molecule has 1 saturated heterocycles. The summed E-state index contributed by atoms with van der Waals surface area (Å²) in [5.41, 5.74) is 1.84. The second-order valence-corrected chi connectivity index (χ2v) is 2.88. The molecule has 0 bridgehead atoms. The fourth-order valence-corrected chi connectivity index (χ4v) is 1.19. The Hall–Kier alpha value is -0.930. The Balaban J connectivity index is 2.13.